The molecule has 0 saturated carbocycles. The Kier molecular flexibility index (Phi) is 33.1. The van der Waals surface area contributed by atoms with Gasteiger partial charge >= 0.3 is 11.9 Å². The first-order chi connectivity index (χ1) is 28.0. The van der Waals surface area contributed by atoms with Crippen LogP contribution >= 0.6 is 0 Å². The van der Waals surface area contributed by atoms with Gasteiger partial charge in [0.1, 0.15) is 36.8 Å². The van der Waals surface area contributed by atoms with E-state index in [0.29, 0.717) is 12.8 Å². The molecule has 1 saturated heterocycles. The second-order valence-corrected chi connectivity index (χ2v) is 17.3. The summed E-state index contributed by atoms with van der Waals surface area (Å²) in [6.45, 7) is 5.25. The van der Waals surface area contributed by atoms with Gasteiger partial charge in [0.25, 0.3) is 10.1 Å². The summed E-state index contributed by atoms with van der Waals surface area (Å²) >= 11 is 0. The predicted molar refractivity (Wildman–Crippen MR) is 229 cm³/mol. The van der Waals surface area contributed by atoms with Gasteiger partial charge in [-0.25, -0.2) is 0 Å². The number of ether oxygens (including phenoxy) is 4. The maximum Gasteiger partial charge on any atom is 0.306 e. The third-order valence-electron chi connectivity index (χ3n) is 10.3. The number of carbonyl (C=O) groups is 2. The van der Waals surface area contributed by atoms with Crippen molar-refractivity contribution < 1.29 is 56.8 Å². The first kappa shape index (κ1) is 53.9. The van der Waals surface area contributed by atoms with Gasteiger partial charge in [-0.15, -0.1) is 6.58 Å². The second kappa shape index (κ2) is 35.6. The van der Waals surface area contributed by atoms with E-state index in [2.05, 4.69) is 37.8 Å². The van der Waals surface area contributed by atoms with Gasteiger partial charge in [0.15, 0.2) is 12.4 Å². The van der Waals surface area contributed by atoms with Crippen molar-refractivity contribution in [1.29, 1.82) is 0 Å². The first-order valence-corrected chi connectivity index (χ1v) is 24.1. The summed E-state index contributed by atoms with van der Waals surface area (Å²) in [5.41, 5.74) is 0. The molecule has 0 aromatic rings. The summed E-state index contributed by atoms with van der Waals surface area (Å²) in [6.07, 6.45) is 29.3. The Hall–Kier alpha value is -2.13. The molecule has 0 aromatic carbocycles. The molecule has 13 heteroatoms. The van der Waals surface area contributed by atoms with Crippen molar-refractivity contribution in [2.75, 3.05) is 19.0 Å². The minimum Gasteiger partial charge on any atom is -0.462 e. The molecule has 58 heavy (non-hydrogen) atoms. The van der Waals surface area contributed by atoms with Crippen LogP contribution in [0, 0.1) is 0 Å². The molecule has 1 rings (SSSR count). The van der Waals surface area contributed by atoms with Crippen LogP contribution in [0.3, 0.4) is 0 Å². The highest BCUT2D eigenvalue weighted by molar-refractivity contribution is 7.85. The molecule has 2 unspecified atom stereocenters. The standard InChI is InChI=1S/C45H80O12S/c1-3-5-7-9-11-13-15-17-19-21-23-25-27-29-31-33-40(46)54-35-38(36-55-45-44(50)43(49)42(48)39(57-45)37-58(51,52)53)56-41(47)34-32-30-28-26-24-22-20-18-16-14-12-10-8-6-4-2/h4,11,13,17,19,38-39,42-45,48-50H,2-3,5-10,12,14-16,18,20-37H2,1H3,(H,51,52,53)/b13-11+,19-17+/t38-,39-,42-,43?,44?,45+/m1/s1. The summed E-state index contributed by atoms with van der Waals surface area (Å²) in [5, 5.41) is 30.9. The highest BCUT2D eigenvalue weighted by Crippen LogP contribution is 2.24. The first-order valence-electron chi connectivity index (χ1n) is 22.5. The average molecular weight is 845 g/mol. The maximum absolute atomic E-state index is 12.8. The summed E-state index contributed by atoms with van der Waals surface area (Å²) in [5.74, 6) is -2.00. The lowest BCUT2D eigenvalue weighted by Gasteiger charge is -2.40. The SMILES string of the molecule is C=CCCCCCCCCCCCCCCCC(=O)O[C@H](COC(=O)CCCCCCC/C=C/C/C=C/CCCCC)CO[C@H]1O[C@H](CS(=O)(=O)O)[C@@H](O)C(O)C1O. The number of hydrogen-bond donors (Lipinski definition) is 4. The van der Waals surface area contributed by atoms with Crippen LogP contribution in [-0.4, -0.2) is 96.0 Å². The molecule has 0 radical (unpaired) electrons. The summed E-state index contributed by atoms with van der Waals surface area (Å²) in [4.78, 5) is 25.4. The molecule has 0 spiro atoms. The molecule has 1 heterocycles. The van der Waals surface area contributed by atoms with Gasteiger partial charge in [-0.05, 0) is 57.8 Å². The van der Waals surface area contributed by atoms with Gasteiger partial charge < -0.3 is 34.3 Å². The second-order valence-electron chi connectivity index (χ2n) is 15.8. The van der Waals surface area contributed by atoms with E-state index in [1.54, 1.807) is 0 Å². The van der Waals surface area contributed by atoms with E-state index in [1.165, 1.54) is 77.0 Å². The van der Waals surface area contributed by atoms with Crippen LogP contribution in [0.25, 0.3) is 0 Å². The number of aliphatic hydroxyl groups is 3. The molecule has 4 N–H and O–H groups in total. The molecule has 1 fully saturated rings. The highest BCUT2D eigenvalue weighted by Gasteiger charge is 2.46. The molecule has 0 aromatic heterocycles. The molecular formula is C45H80O12S. The molecule has 0 bridgehead atoms. The van der Waals surface area contributed by atoms with Crippen LogP contribution in [0.5, 0.6) is 0 Å². The largest absolute Gasteiger partial charge is 0.462 e. The van der Waals surface area contributed by atoms with E-state index >= 15 is 0 Å². The number of aliphatic hydroxyl groups excluding tert-OH is 3. The van der Waals surface area contributed by atoms with Crippen LogP contribution in [0.2, 0.25) is 0 Å². The van der Waals surface area contributed by atoms with Crippen molar-refractivity contribution in [2.45, 2.75) is 217 Å². The van der Waals surface area contributed by atoms with Crippen molar-refractivity contribution in [3.8, 4) is 0 Å². The van der Waals surface area contributed by atoms with Crippen molar-refractivity contribution in [3.05, 3.63) is 37.0 Å². The Morgan fingerprint density at radius 2 is 1.12 bits per heavy atom. The highest BCUT2D eigenvalue weighted by atomic mass is 32.2. The maximum atomic E-state index is 12.8. The zero-order chi connectivity index (χ0) is 42.7. The van der Waals surface area contributed by atoms with E-state index in [4.69, 9.17) is 18.9 Å². The van der Waals surface area contributed by atoms with Crippen molar-refractivity contribution in [1.82, 2.24) is 0 Å². The molecule has 1 aliphatic heterocycles. The molecular weight excluding hydrogens is 765 g/mol. The average Bonchev–Trinajstić information content (AvgIpc) is 3.18. The normalized spacial score (nSPS) is 20.5. The fourth-order valence-electron chi connectivity index (χ4n) is 6.80. The van der Waals surface area contributed by atoms with Gasteiger partial charge in [0.05, 0.1) is 6.61 Å². The Labute approximate surface area is 351 Å². The Bertz CT molecular complexity index is 1210. The number of carbonyl (C=O) groups excluding carboxylic acids is 2. The van der Waals surface area contributed by atoms with Gasteiger partial charge in [-0.1, -0.05) is 140 Å². The van der Waals surface area contributed by atoms with E-state index in [-0.39, 0.29) is 19.4 Å². The third kappa shape index (κ3) is 30.0. The van der Waals surface area contributed by atoms with Gasteiger partial charge in [0.2, 0.25) is 0 Å². The van der Waals surface area contributed by atoms with Crippen molar-refractivity contribution in [3.63, 3.8) is 0 Å². The van der Waals surface area contributed by atoms with Crippen LogP contribution in [0.4, 0.5) is 0 Å². The zero-order valence-electron chi connectivity index (χ0n) is 35.7. The predicted octanol–water partition coefficient (Wildman–Crippen LogP) is 9.00. The van der Waals surface area contributed by atoms with Gasteiger partial charge in [0, 0.05) is 12.8 Å². The molecule has 1 aliphatic rings. The third-order valence-corrected chi connectivity index (χ3v) is 11.1. The lowest BCUT2D eigenvalue weighted by molar-refractivity contribution is -0.297. The van der Waals surface area contributed by atoms with E-state index in [0.717, 1.165) is 70.6 Å². The van der Waals surface area contributed by atoms with E-state index in [1.807, 2.05) is 6.08 Å². The quantitative estimate of drug-likeness (QED) is 0.0200. The number of allylic oxidation sites excluding steroid dienone is 5. The van der Waals surface area contributed by atoms with E-state index in [9.17, 15) is 37.9 Å². The van der Waals surface area contributed by atoms with Crippen molar-refractivity contribution >= 4 is 22.1 Å². The zero-order valence-corrected chi connectivity index (χ0v) is 36.6. The number of rotatable bonds is 38. The summed E-state index contributed by atoms with van der Waals surface area (Å²) in [7, 11) is -4.60. The minimum absolute atomic E-state index is 0.160. The Morgan fingerprint density at radius 3 is 1.64 bits per heavy atom. The van der Waals surface area contributed by atoms with E-state index < -0.39 is 71.2 Å². The van der Waals surface area contributed by atoms with Gasteiger partial charge in [-0.2, -0.15) is 8.42 Å². The fourth-order valence-corrected chi connectivity index (χ4v) is 7.49. The Morgan fingerprint density at radius 1 is 0.638 bits per heavy atom. The lowest BCUT2D eigenvalue weighted by Crippen LogP contribution is -2.60. The molecule has 6 atom stereocenters. The van der Waals surface area contributed by atoms with Crippen LogP contribution in [-0.2, 0) is 38.7 Å². The van der Waals surface area contributed by atoms with Crippen LogP contribution < -0.4 is 0 Å². The van der Waals surface area contributed by atoms with Crippen LogP contribution in [0.1, 0.15) is 180 Å². The fraction of sp³-hybridized carbons (Fsp3) is 0.822. The lowest BCUT2D eigenvalue weighted by atomic mass is 10.00. The summed E-state index contributed by atoms with van der Waals surface area (Å²) < 4.78 is 54.0. The minimum atomic E-state index is -4.60. The van der Waals surface area contributed by atoms with Gasteiger partial charge in [-0.3, -0.25) is 14.1 Å². The number of hydrogen-bond acceptors (Lipinski definition) is 11. The van der Waals surface area contributed by atoms with Crippen molar-refractivity contribution in [2.24, 2.45) is 0 Å². The number of esters is 2. The topological polar surface area (TPSA) is 186 Å². The summed E-state index contributed by atoms with van der Waals surface area (Å²) in [6, 6.07) is 0. The molecule has 0 amide bonds. The monoisotopic (exact) mass is 845 g/mol. The smallest absolute Gasteiger partial charge is 0.306 e. The molecule has 0 aliphatic carbocycles. The van der Waals surface area contributed by atoms with Crippen LogP contribution in [0.15, 0.2) is 37.0 Å². The molecule has 12 nitrogen and oxygen atoms in total. The molecule has 338 valence electrons. The number of unbranched alkanes of at least 4 members (excludes halogenated alkanes) is 21. The Balaban J connectivity index is 2.45.